The fraction of sp³-hybridized carbons (Fsp3) is 0.395. The zero-order valence-electron chi connectivity index (χ0n) is 61.2. The summed E-state index contributed by atoms with van der Waals surface area (Å²) in [5.74, 6) is 0.131. The van der Waals surface area contributed by atoms with E-state index in [-0.39, 0.29) is 11.5 Å². The number of carbonyl (C=O) groups excluding carboxylic acids is 1. The number of fused-ring (bicyclic) bond motifs is 6. The third-order valence-corrected chi connectivity index (χ3v) is 13.4. The number of rotatable bonds is 0. The molecule has 2 N–H and O–H groups in total. The number of nitrogens with one attached hydrogen (secondary N) is 2. The first kappa shape index (κ1) is 84.4. The van der Waals surface area contributed by atoms with Crippen LogP contribution in [0, 0.1) is 41.5 Å². The maximum Gasteiger partial charge on any atom is 0.264 e. The van der Waals surface area contributed by atoms with E-state index in [1.807, 2.05) is 197 Å². The number of carbonyl (C=O) groups is 1. The Morgan fingerprint density at radius 3 is 1.65 bits per heavy atom. The van der Waals surface area contributed by atoms with E-state index < -0.39 is 0 Å². The maximum atomic E-state index is 11.3. The molecule has 0 spiro atoms. The second kappa shape index (κ2) is 51.9. The molecule has 2 aliphatic heterocycles. The standard InChI is InChI=1S/C11H14.C10H11NO.3C10H9N.C6H6N4O.C5H11N.C5H6O.7C2H6/c1-9-6-7-10-4-2-3-5-11(10)8-9;1-7-2-4-9-8(6-7)3-5-10(12)11-9;1-8-4-5-10-9(7-8)3-2-6-11-10;1-8-6-9-4-2-3-5-10(9)7-11-8;1-8-6-7-9-4-2-3-5-10(9)11-8;1-10-3-7-5-4(6(10)11)2-8-9-5;1-6-4-2-3-5-6;1-5-2-3-6-4-5;7*1-2/h6-8H,2-5H2,1H3;2,4,6H,3,5H2,1H3,(H,11,12);3*2-7H,1H3;2-3H,1H3,(H,8,9);2-5H2,1H3;2-4H,1H3;7*1-2H3. The molecule has 12 heteroatoms. The molecule has 0 unspecified atom stereocenters. The van der Waals surface area contributed by atoms with Crippen molar-refractivity contribution in [2.45, 2.75) is 190 Å². The van der Waals surface area contributed by atoms with Crippen molar-refractivity contribution >= 4 is 55.2 Å². The van der Waals surface area contributed by atoms with Crippen molar-refractivity contribution in [1.82, 2.24) is 39.6 Å². The summed E-state index contributed by atoms with van der Waals surface area (Å²) >= 11 is 0. The van der Waals surface area contributed by atoms with Crippen molar-refractivity contribution in [2.24, 2.45) is 7.05 Å². The number of aromatic nitrogens is 7. The van der Waals surface area contributed by atoms with Crippen LogP contribution in [-0.4, -0.2) is 65.6 Å². The Hall–Kier alpha value is -8.61. The smallest absolute Gasteiger partial charge is 0.264 e. The summed E-state index contributed by atoms with van der Waals surface area (Å²) in [7, 11) is 3.83. The van der Waals surface area contributed by atoms with Crippen LogP contribution in [0.3, 0.4) is 0 Å². The van der Waals surface area contributed by atoms with Gasteiger partial charge in [-0.15, -0.1) is 0 Å². The van der Waals surface area contributed by atoms with Gasteiger partial charge in [0.2, 0.25) is 5.91 Å². The molecule has 6 aromatic heterocycles. The summed E-state index contributed by atoms with van der Waals surface area (Å²) in [6.07, 6.45) is 19.7. The highest BCUT2D eigenvalue weighted by atomic mass is 16.3. The van der Waals surface area contributed by atoms with Crippen molar-refractivity contribution in [2.75, 3.05) is 25.5 Å². The quantitative estimate of drug-likeness (QED) is 0.151. The summed E-state index contributed by atoms with van der Waals surface area (Å²) in [5, 5.41) is 14.6. The Morgan fingerprint density at radius 2 is 1.03 bits per heavy atom. The molecule has 0 bridgehead atoms. The molecule has 1 saturated heterocycles. The third-order valence-electron chi connectivity index (χ3n) is 13.4. The second-order valence-electron chi connectivity index (χ2n) is 20.3. The number of hydrogen-bond acceptors (Lipinski definition) is 9. The zero-order chi connectivity index (χ0) is 69.9. The van der Waals surface area contributed by atoms with Crippen LogP contribution in [0.25, 0.3) is 43.6 Å². The van der Waals surface area contributed by atoms with E-state index in [0.717, 1.165) is 34.5 Å². The fourth-order valence-electron chi connectivity index (χ4n) is 9.06. The molecule has 3 aliphatic rings. The minimum Gasteiger partial charge on any atom is -0.472 e. The van der Waals surface area contributed by atoms with Crippen LogP contribution in [0.15, 0.2) is 186 Å². The largest absolute Gasteiger partial charge is 0.472 e. The van der Waals surface area contributed by atoms with Crippen LogP contribution >= 0.6 is 0 Å². The van der Waals surface area contributed by atoms with Crippen molar-refractivity contribution in [3.05, 3.63) is 238 Å². The van der Waals surface area contributed by atoms with Crippen LogP contribution < -0.4 is 10.9 Å². The Bertz CT molecular complexity index is 3550. The Labute approximate surface area is 561 Å². The lowest BCUT2D eigenvalue weighted by Crippen LogP contribution is -2.18. The summed E-state index contributed by atoms with van der Waals surface area (Å²) < 4.78 is 6.13. The first-order valence-corrected chi connectivity index (χ1v) is 34.2. The molecule has 14 rings (SSSR count). The highest BCUT2D eigenvalue weighted by molar-refractivity contribution is 5.94. The molecular formula is C81H117N9O3. The number of para-hydroxylation sites is 1. The number of aromatic amines is 1. The Morgan fingerprint density at radius 1 is 0.452 bits per heavy atom. The van der Waals surface area contributed by atoms with E-state index in [1.54, 1.807) is 30.7 Å². The molecule has 1 aliphatic carbocycles. The van der Waals surface area contributed by atoms with Crippen LogP contribution in [0.4, 0.5) is 5.69 Å². The number of pyridine rings is 3. The second-order valence-corrected chi connectivity index (χ2v) is 20.3. The molecule has 11 aromatic rings. The van der Waals surface area contributed by atoms with Crippen LogP contribution in [0.5, 0.6) is 0 Å². The van der Waals surface area contributed by atoms with Gasteiger partial charge in [0, 0.05) is 59.1 Å². The molecule has 0 radical (unpaired) electrons. The fourth-order valence-corrected chi connectivity index (χ4v) is 9.06. The summed E-state index contributed by atoms with van der Waals surface area (Å²) in [5.41, 5.74) is 15.3. The van der Waals surface area contributed by atoms with Gasteiger partial charge in [-0.05, 0) is 183 Å². The first-order chi connectivity index (χ1) is 45.3. The van der Waals surface area contributed by atoms with Crippen molar-refractivity contribution < 1.29 is 9.21 Å². The summed E-state index contributed by atoms with van der Waals surface area (Å²) in [6.45, 7) is 43.0. The number of furan rings is 1. The lowest BCUT2D eigenvalue weighted by molar-refractivity contribution is -0.116. The van der Waals surface area contributed by atoms with Crippen LogP contribution in [0.1, 0.15) is 179 Å². The van der Waals surface area contributed by atoms with Gasteiger partial charge in [-0.1, -0.05) is 205 Å². The molecule has 504 valence electrons. The van der Waals surface area contributed by atoms with Gasteiger partial charge in [-0.2, -0.15) is 5.10 Å². The molecule has 1 amide bonds. The first-order valence-electron chi connectivity index (χ1n) is 34.2. The van der Waals surface area contributed by atoms with Gasteiger partial charge >= 0.3 is 0 Å². The molecule has 8 heterocycles. The summed E-state index contributed by atoms with van der Waals surface area (Å²) in [4.78, 5) is 41.4. The van der Waals surface area contributed by atoms with E-state index in [9.17, 15) is 9.59 Å². The van der Waals surface area contributed by atoms with Crippen LogP contribution in [0.2, 0.25) is 0 Å². The van der Waals surface area contributed by atoms with Crippen molar-refractivity contribution in [1.29, 1.82) is 0 Å². The Kier molecular flexibility index (Phi) is 47.1. The van der Waals surface area contributed by atoms with Crippen molar-refractivity contribution in [3.8, 4) is 0 Å². The number of benzene rings is 5. The maximum absolute atomic E-state index is 11.3. The van der Waals surface area contributed by atoms with Gasteiger partial charge in [-0.25, -0.2) is 4.98 Å². The number of nitrogens with zero attached hydrogens (tertiary/aromatic N) is 7. The van der Waals surface area contributed by atoms with E-state index >= 15 is 0 Å². The van der Waals surface area contributed by atoms with Crippen LogP contribution in [-0.2, 0) is 31.1 Å². The predicted molar refractivity (Wildman–Crippen MR) is 404 cm³/mol. The minimum absolute atomic E-state index is 0.0799. The van der Waals surface area contributed by atoms with Gasteiger partial charge in [-0.3, -0.25) is 29.6 Å². The van der Waals surface area contributed by atoms with Gasteiger partial charge in [0.15, 0.2) is 5.65 Å². The Balaban J connectivity index is 0.00000102. The topological polar surface area (TPSA) is 148 Å². The molecular weight excluding hydrogens is 1150 g/mol. The normalized spacial score (nSPS) is 11.4. The number of likely N-dealkylation sites (tertiary alicyclic amines) is 1. The van der Waals surface area contributed by atoms with Gasteiger partial charge in [0.1, 0.15) is 5.39 Å². The average Bonchev–Trinajstić information content (AvgIpc) is 2.38. The molecule has 93 heavy (non-hydrogen) atoms. The minimum atomic E-state index is -0.0799. The number of amides is 1. The monoisotopic (exact) mass is 1260 g/mol. The average molecular weight is 1260 g/mol. The molecule has 0 atom stereocenters. The van der Waals surface area contributed by atoms with E-state index in [1.165, 1.54) is 118 Å². The van der Waals surface area contributed by atoms with E-state index in [4.69, 9.17) is 4.42 Å². The molecule has 5 aromatic carbocycles. The number of hydrogen-bond donors (Lipinski definition) is 2. The molecule has 1 fully saturated rings. The molecule has 0 saturated carbocycles. The number of H-pyrrole nitrogens is 1. The highest BCUT2D eigenvalue weighted by Gasteiger charge is 2.14. The molecule has 12 nitrogen and oxygen atoms in total. The van der Waals surface area contributed by atoms with Gasteiger partial charge in [0.25, 0.3) is 5.56 Å². The summed E-state index contributed by atoms with van der Waals surface area (Å²) in [6, 6.07) is 47.8. The predicted octanol–water partition coefficient (Wildman–Crippen LogP) is 21.5. The van der Waals surface area contributed by atoms with Gasteiger partial charge in [0.05, 0.1) is 36.1 Å². The number of anilines is 1. The van der Waals surface area contributed by atoms with Crippen molar-refractivity contribution in [3.63, 3.8) is 0 Å². The van der Waals surface area contributed by atoms with E-state index in [0.29, 0.717) is 17.5 Å². The SMILES string of the molecule is CC.CC.CC.CC.CC.CC.CC.CN1CCCC1.Cc1cc2ccccc2cn1.Cc1ccc2c(c1)CCC(=O)N2.Cc1ccc2c(c1)CCCC2.Cc1ccc2ccccc2n1.Cc1ccc2ncccc2c1.Cc1ccoc1.Cn1cnc2[nH]ncc2c1=O. The zero-order valence-corrected chi connectivity index (χ0v) is 61.2. The van der Waals surface area contributed by atoms with E-state index in [2.05, 4.69) is 141 Å². The van der Waals surface area contributed by atoms with Gasteiger partial charge < -0.3 is 19.2 Å². The lowest BCUT2D eigenvalue weighted by Gasteiger charge is -2.16. The third kappa shape index (κ3) is 32.5. The highest BCUT2D eigenvalue weighted by Crippen LogP contribution is 2.24. The lowest BCUT2D eigenvalue weighted by atomic mass is 9.91. The number of aryl methyl sites for hydroxylation is 10.